The summed E-state index contributed by atoms with van der Waals surface area (Å²) >= 11 is 0. The van der Waals surface area contributed by atoms with Crippen molar-refractivity contribution >= 4 is 5.95 Å². The molecular weight excluding hydrogens is 214 g/mol. The molecule has 0 bridgehead atoms. The number of aromatic nitrogens is 2. The molecule has 1 aliphatic carbocycles. The lowest BCUT2D eigenvalue weighted by molar-refractivity contribution is 0.0699. The largest absolute Gasteiger partial charge is 0.381 e. The summed E-state index contributed by atoms with van der Waals surface area (Å²) in [7, 11) is 0. The first-order valence-corrected chi connectivity index (χ1v) is 6.70. The molecule has 4 nitrogen and oxygen atoms in total. The fourth-order valence-electron chi connectivity index (χ4n) is 2.46. The molecule has 1 aromatic heterocycles. The molecule has 0 radical (unpaired) electrons. The molecule has 2 aliphatic rings. The van der Waals surface area contributed by atoms with Crippen LogP contribution in [0.25, 0.3) is 0 Å². The van der Waals surface area contributed by atoms with Gasteiger partial charge >= 0.3 is 0 Å². The molecule has 0 atom stereocenters. The Kier molecular flexibility index (Phi) is 3.05. The van der Waals surface area contributed by atoms with E-state index in [-0.39, 0.29) is 0 Å². The SMILES string of the molecule is Cc1cn(C2CC2)c(NCC2CCOCC2)n1. The number of ether oxygens (including phenoxy) is 1. The van der Waals surface area contributed by atoms with Crippen LogP contribution in [0.4, 0.5) is 5.95 Å². The van der Waals surface area contributed by atoms with Crippen LogP contribution in [-0.2, 0) is 4.74 Å². The van der Waals surface area contributed by atoms with Gasteiger partial charge in [0.25, 0.3) is 0 Å². The van der Waals surface area contributed by atoms with Crippen LogP contribution in [0.3, 0.4) is 0 Å². The van der Waals surface area contributed by atoms with Crippen LogP contribution in [0.5, 0.6) is 0 Å². The lowest BCUT2D eigenvalue weighted by Gasteiger charge is -2.22. The molecule has 1 N–H and O–H groups in total. The minimum absolute atomic E-state index is 0.702. The van der Waals surface area contributed by atoms with Crippen molar-refractivity contribution in [2.75, 3.05) is 25.1 Å². The second-order valence-electron chi connectivity index (χ2n) is 5.28. The maximum atomic E-state index is 5.38. The van der Waals surface area contributed by atoms with Crippen LogP contribution in [0.1, 0.15) is 37.4 Å². The quantitative estimate of drug-likeness (QED) is 0.870. The van der Waals surface area contributed by atoms with E-state index in [1.807, 2.05) is 0 Å². The van der Waals surface area contributed by atoms with E-state index in [4.69, 9.17) is 4.74 Å². The first-order valence-electron chi connectivity index (χ1n) is 6.70. The van der Waals surface area contributed by atoms with Gasteiger partial charge in [-0.25, -0.2) is 4.98 Å². The molecule has 0 amide bonds. The van der Waals surface area contributed by atoms with Crippen LogP contribution in [-0.4, -0.2) is 29.3 Å². The van der Waals surface area contributed by atoms with Crippen LogP contribution in [0, 0.1) is 12.8 Å². The fraction of sp³-hybridized carbons (Fsp3) is 0.769. The lowest BCUT2D eigenvalue weighted by atomic mass is 10.0. The van der Waals surface area contributed by atoms with Gasteiger partial charge in [-0.05, 0) is 38.5 Å². The van der Waals surface area contributed by atoms with Gasteiger partial charge in [0.15, 0.2) is 0 Å². The van der Waals surface area contributed by atoms with Crippen molar-refractivity contribution in [3.8, 4) is 0 Å². The number of aryl methyl sites for hydroxylation is 1. The highest BCUT2D eigenvalue weighted by molar-refractivity contribution is 5.30. The zero-order valence-corrected chi connectivity index (χ0v) is 10.5. The molecule has 17 heavy (non-hydrogen) atoms. The number of hydrogen-bond donors (Lipinski definition) is 1. The van der Waals surface area contributed by atoms with Crippen molar-refractivity contribution in [2.24, 2.45) is 5.92 Å². The van der Waals surface area contributed by atoms with Gasteiger partial charge in [-0.3, -0.25) is 0 Å². The number of rotatable bonds is 4. The predicted octanol–water partition coefficient (Wildman–Crippen LogP) is 2.36. The van der Waals surface area contributed by atoms with Gasteiger partial charge in [0.05, 0.1) is 5.69 Å². The molecule has 0 spiro atoms. The number of nitrogens with zero attached hydrogens (tertiary/aromatic N) is 2. The van der Waals surface area contributed by atoms with Crippen molar-refractivity contribution in [2.45, 2.75) is 38.6 Å². The monoisotopic (exact) mass is 235 g/mol. The Hall–Kier alpha value is -1.03. The van der Waals surface area contributed by atoms with E-state index in [0.29, 0.717) is 6.04 Å². The molecule has 94 valence electrons. The maximum absolute atomic E-state index is 5.38. The summed E-state index contributed by atoms with van der Waals surface area (Å²) in [6.07, 6.45) is 7.14. The minimum Gasteiger partial charge on any atom is -0.381 e. The third-order valence-electron chi connectivity index (χ3n) is 3.68. The van der Waals surface area contributed by atoms with E-state index >= 15 is 0 Å². The van der Waals surface area contributed by atoms with Crippen molar-refractivity contribution in [3.63, 3.8) is 0 Å². The Morgan fingerprint density at radius 3 is 2.82 bits per heavy atom. The van der Waals surface area contributed by atoms with Gasteiger partial charge in [-0.2, -0.15) is 0 Å². The van der Waals surface area contributed by atoms with Gasteiger partial charge in [0, 0.05) is 32.0 Å². The van der Waals surface area contributed by atoms with Crippen molar-refractivity contribution in [1.29, 1.82) is 0 Å². The number of hydrogen-bond acceptors (Lipinski definition) is 3. The highest BCUT2D eigenvalue weighted by Gasteiger charge is 2.26. The van der Waals surface area contributed by atoms with E-state index in [2.05, 4.69) is 28.0 Å². The standard InChI is InChI=1S/C13H21N3O/c1-10-9-16(12-2-3-12)13(15-10)14-8-11-4-6-17-7-5-11/h9,11-12H,2-8H2,1H3,(H,14,15). The lowest BCUT2D eigenvalue weighted by Crippen LogP contribution is -2.23. The zero-order valence-electron chi connectivity index (χ0n) is 10.5. The van der Waals surface area contributed by atoms with Crippen LogP contribution < -0.4 is 5.32 Å². The van der Waals surface area contributed by atoms with E-state index in [1.54, 1.807) is 0 Å². The third-order valence-corrected chi connectivity index (χ3v) is 3.68. The molecule has 1 saturated heterocycles. The van der Waals surface area contributed by atoms with Gasteiger partial charge < -0.3 is 14.6 Å². The zero-order chi connectivity index (χ0) is 11.7. The van der Waals surface area contributed by atoms with E-state index in [9.17, 15) is 0 Å². The average Bonchev–Trinajstić information content (AvgIpc) is 3.12. The van der Waals surface area contributed by atoms with Crippen molar-refractivity contribution in [3.05, 3.63) is 11.9 Å². The van der Waals surface area contributed by atoms with Crippen molar-refractivity contribution < 1.29 is 4.74 Å². The second-order valence-corrected chi connectivity index (χ2v) is 5.28. The summed E-state index contributed by atoms with van der Waals surface area (Å²) in [5.74, 6) is 1.81. The fourth-order valence-corrected chi connectivity index (χ4v) is 2.46. The van der Waals surface area contributed by atoms with Gasteiger partial charge in [-0.1, -0.05) is 0 Å². The van der Waals surface area contributed by atoms with Crippen LogP contribution >= 0.6 is 0 Å². The summed E-state index contributed by atoms with van der Waals surface area (Å²) < 4.78 is 7.69. The van der Waals surface area contributed by atoms with Gasteiger partial charge in [0.2, 0.25) is 5.95 Å². The second kappa shape index (κ2) is 4.69. The number of imidazole rings is 1. The first kappa shape index (κ1) is 11.1. The van der Waals surface area contributed by atoms with Crippen LogP contribution in [0.15, 0.2) is 6.20 Å². The summed E-state index contributed by atoms with van der Waals surface area (Å²) in [6, 6.07) is 0.702. The number of anilines is 1. The molecular formula is C13H21N3O. The molecule has 0 unspecified atom stereocenters. The summed E-state index contributed by atoms with van der Waals surface area (Å²) in [5.41, 5.74) is 1.12. The summed E-state index contributed by atoms with van der Waals surface area (Å²) in [6.45, 7) is 4.94. The highest BCUT2D eigenvalue weighted by atomic mass is 16.5. The average molecular weight is 235 g/mol. The molecule has 4 heteroatoms. The predicted molar refractivity (Wildman–Crippen MR) is 67.3 cm³/mol. The molecule has 1 aliphatic heterocycles. The normalized spacial score (nSPS) is 21.7. The Morgan fingerprint density at radius 2 is 2.12 bits per heavy atom. The Morgan fingerprint density at radius 1 is 1.35 bits per heavy atom. The minimum atomic E-state index is 0.702. The van der Waals surface area contributed by atoms with Gasteiger partial charge in [-0.15, -0.1) is 0 Å². The first-order chi connectivity index (χ1) is 8.33. The molecule has 2 heterocycles. The van der Waals surface area contributed by atoms with Gasteiger partial charge in [0.1, 0.15) is 0 Å². The molecule has 1 aromatic rings. The Labute approximate surface area is 102 Å². The maximum Gasteiger partial charge on any atom is 0.203 e. The molecule has 3 rings (SSSR count). The smallest absolute Gasteiger partial charge is 0.203 e. The summed E-state index contributed by atoms with van der Waals surface area (Å²) in [5, 5.41) is 3.52. The third kappa shape index (κ3) is 2.63. The molecule has 0 aromatic carbocycles. The molecule has 1 saturated carbocycles. The Bertz CT molecular complexity index is 378. The van der Waals surface area contributed by atoms with Crippen molar-refractivity contribution in [1.82, 2.24) is 9.55 Å². The van der Waals surface area contributed by atoms with E-state index in [0.717, 1.165) is 37.3 Å². The highest BCUT2D eigenvalue weighted by Crippen LogP contribution is 2.37. The summed E-state index contributed by atoms with van der Waals surface area (Å²) in [4.78, 5) is 4.58. The van der Waals surface area contributed by atoms with E-state index < -0.39 is 0 Å². The van der Waals surface area contributed by atoms with E-state index in [1.165, 1.54) is 25.7 Å². The Balaban J connectivity index is 1.59. The topological polar surface area (TPSA) is 39.1 Å². The molecule has 2 fully saturated rings. The van der Waals surface area contributed by atoms with Crippen LogP contribution in [0.2, 0.25) is 0 Å². The number of nitrogens with one attached hydrogen (secondary N) is 1.